The lowest BCUT2D eigenvalue weighted by molar-refractivity contribution is -0.131. The van der Waals surface area contributed by atoms with Crippen molar-refractivity contribution in [2.75, 3.05) is 0 Å². The van der Waals surface area contributed by atoms with E-state index < -0.39 is 5.97 Å². The smallest absolute Gasteiger partial charge is 0.328 e. The number of rotatable bonds is 2. The molecule has 0 aliphatic carbocycles. The number of carboxylic acid groups (broad SMARTS) is 1. The first-order valence-corrected chi connectivity index (χ1v) is 3.83. The van der Waals surface area contributed by atoms with Gasteiger partial charge in [0.25, 0.3) is 0 Å². The summed E-state index contributed by atoms with van der Waals surface area (Å²) in [6.45, 7) is 0. The van der Waals surface area contributed by atoms with E-state index in [2.05, 4.69) is 19.9 Å². The Bertz CT molecular complexity index is 503. The first-order valence-electron chi connectivity index (χ1n) is 3.83. The van der Waals surface area contributed by atoms with Crippen LogP contribution in [-0.2, 0) is 4.79 Å². The monoisotopic (exact) mass is 190 g/mol. The number of nitrogens with zero attached hydrogens (tertiary/aromatic N) is 3. The van der Waals surface area contributed by atoms with Crippen molar-refractivity contribution in [3.63, 3.8) is 0 Å². The average Bonchev–Trinajstić information content (AvgIpc) is 2.61. The molecule has 14 heavy (non-hydrogen) atoms. The number of carbonyl (C=O) groups is 1. The zero-order valence-electron chi connectivity index (χ0n) is 7.01. The molecule has 0 amide bonds. The first kappa shape index (κ1) is 8.36. The van der Waals surface area contributed by atoms with Crippen LogP contribution < -0.4 is 0 Å². The van der Waals surface area contributed by atoms with Crippen LogP contribution in [0.2, 0.25) is 0 Å². The van der Waals surface area contributed by atoms with E-state index in [1.54, 1.807) is 6.20 Å². The number of fused-ring (bicyclic) bond motifs is 1. The van der Waals surface area contributed by atoms with E-state index in [9.17, 15) is 4.79 Å². The van der Waals surface area contributed by atoms with Gasteiger partial charge in [0.15, 0.2) is 11.5 Å². The number of hydrogen-bond donors (Lipinski definition) is 2. The minimum absolute atomic E-state index is 0.326. The number of H-pyrrole nitrogens is 1. The quantitative estimate of drug-likeness (QED) is 0.671. The zero-order chi connectivity index (χ0) is 9.97. The standard InChI is InChI=1S/C8H6N4O2/c13-7(14)2-1-6-9-3-5-8(12-6)11-4-10-5/h1-4H,(H,13,14)(H,9,10,11,12). The lowest BCUT2D eigenvalue weighted by Crippen LogP contribution is -1.90. The lowest BCUT2D eigenvalue weighted by Gasteiger charge is -1.90. The number of carboxylic acids is 1. The van der Waals surface area contributed by atoms with Crippen molar-refractivity contribution in [3.05, 3.63) is 24.4 Å². The fraction of sp³-hybridized carbons (Fsp3) is 0. The summed E-state index contributed by atoms with van der Waals surface area (Å²) >= 11 is 0. The van der Waals surface area contributed by atoms with Crippen LogP contribution in [0.4, 0.5) is 0 Å². The molecule has 6 heteroatoms. The van der Waals surface area contributed by atoms with Gasteiger partial charge in [0.1, 0.15) is 5.52 Å². The molecule has 0 saturated heterocycles. The van der Waals surface area contributed by atoms with Crippen molar-refractivity contribution in [1.29, 1.82) is 0 Å². The predicted molar refractivity (Wildman–Crippen MR) is 48.4 cm³/mol. The second-order valence-corrected chi connectivity index (χ2v) is 2.54. The van der Waals surface area contributed by atoms with E-state index in [0.717, 1.165) is 11.6 Å². The number of nitrogens with one attached hydrogen (secondary N) is 1. The van der Waals surface area contributed by atoms with E-state index in [0.29, 0.717) is 11.5 Å². The van der Waals surface area contributed by atoms with E-state index in [4.69, 9.17) is 5.11 Å². The van der Waals surface area contributed by atoms with Gasteiger partial charge in [0.2, 0.25) is 0 Å². The van der Waals surface area contributed by atoms with Gasteiger partial charge < -0.3 is 10.1 Å². The molecular weight excluding hydrogens is 184 g/mol. The van der Waals surface area contributed by atoms with Gasteiger partial charge in [-0.05, 0) is 6.08 Å². The summed E-state index contributed by atoms with van der Waals surface area (Å²) in [5.41, 5.74) is 1.24. The van der Waals surface area contributed by atoms with Crippen LogP contribution in [0.1, 0.15) is 5.82 Å². The summed E-state index contributed by atoms with van der Waals surface area (Å²) in [5, 5.41) is 8.38. The van der Waals surface area contributed by atoms with Crippen LogP contribution in [0.15, 0.2) is 18.6 Å². The third kappa shape index (κ3) is 1.58. The van der Waals surface area contributed by atoms with Crippen LogP contribution in [0.5, 0.6) is 0 Å². The zero-order valence-corrected chi connectivity index (χ0v) is 7.01. The van der Waals surface area contributed by atoms with Crippen molar-refractivity contribution in [3.8, 4) is 0 Å². The Hall–Kier alpha value is -2.24. The van der Waals surface area contributed by atoms with Gasteiger partial charge in [-0.1, -0.05) is 0 Å². The summed E-state index contributed by atoms with van der Waals surface area (Å²) in [6, 6.07) is 0. The molecule has 2 aromatic rings. The van der Waals surface area contributed by atoms with Crippen molar-refractivity contribution < 1.29 is 9.90 Å². The number of hydrogen-bond acceptors (Lipinski definition) is 4. The molecule has 0 aliphatic heterocycles. The Morgan fingerprint density at radius 1 is 1.50 bits per heavy atom. The van der Waals surface area contributed by atoms with Crippen LogP contribution in [0.3, 0.4) is 0 Å². The maximum atomic E-state index is 10.2. The summed E-state index contributed by atoms with van der Waals surface area (Å²) in [4.78, 5) is 24.9. The third-order valence-electron chi connectivity index (χ3n) is 1.57. The Balaban J connectivity index is 2.39. The number of imidazole rings is 1. The van der Waals surface area contributed by atoms with Gasteiger partial charge in [-0.2, -0.15) is 0 Å². The summed E-state index contributed by atoms with van der Waals surface area (Å²) in [7, 11) is 0. The second-order valence-electron chi connectivity index (χ2n) is 2.54. The molecule has 70 valence electrons. The van der Waals surface area contributed by atoms with E-state index in [1.165, 1.54) is 12.4 Å². The molecule has 2 aromatic heterocycles. The van der Waals surface area contributed by atoms with Crippen molar-refractivity contribution in [2.45, 2.75) is 0 Å². The highest BCUT2D eigenvalue weighted by Crippen LogP contribution is 2.04. The van der Waals surface area contributed by atoms with Crippen molar-refractivity contribution in [2.24, 2.45) is 0 Å². The molecular formula is C8H6N4O2. The van der Waals surface area contributed by atoms with Gasteiger partial charge in [0.05, 0.1) is 12.5 Å². The molecule has 0 saturated carbocycles. The first-order chi connectivity index (χ1) is 6.75. The molecule has 0 fully saturated rings. The predicted octanol–water partition coefficient (Wildman–Crippen LogP) is 0.451. The van der Waals surface area contributed by atoms with Gasteiger partial charge in [-0.3, -0.25) is 0 Å². The highest BCUT2D eigenvalue weighted by atomic mass is 16.4. The SMILES string of the molecule is O=C(O)C=Cc1ncc2[nH]cnc2n1. The van der Waals surface area contributed by atoms with E-state index in [1.807, 2.05) is 0 Å². The maximum absolute atomic E-state index is 10.2. The summed E-state index contributed by atoms with van der Waals surface area (Å²) < 4.78 is 0. The van der Waals surface area contributed by atoms with Crippen LogP contribution >= 0.6 is 0 Å². The molecule has 0 unspecified atom stereocenters. The molecule has 0 bridgehead atoms. The normalized spacial score (nSPS) is 11.1. The molecule has 0 aromatic carbocycles. The van der Waals surface area contributed by atoms with Crippen LogP contribution in [-0.4, -0.2) is 31.0 Å². The fourth-order valence-corrected chi connectivity index (χ4v) is 0.975. The maximum Gasteiger partial charge on any atom is 0.328 e. The number of aromatic nitrogens is 4. The molecule has 0 spiro atoms. The van der Waals surface area contributed by atoms with Gasteiger partial charge in [0, 0.05) is 6.08 Å². The Morgan fingerprint density at radius 2 is 2.36 bits per heavy atom. The van der Waals surface area contributed by atoms with E-state index in [-0.39, 0.29) is 0 Å². The summed E-state index contributed by atoms with van der Waals surface area (Å²) in [6.07, 6.45) is 5.35. The largest absolute Gasteiger partial charge is 0.478 e. The minimum Gasteiger partial charge on any atom is -0.478 e. The fourth-order valence-electron chi connectivity index (χ4n) is 0.975. The molecule has 2 heterocycles. The number of aromatic amines is 1. The van der Waals surface area contributed by atoms with Crippen LogP contribution in [0.25, 0.3) is 17.2 Å². The van der Waals surface area contributed by atoms with Gasteiger partial charge in [-0.25, -0.2) is 19.7 Å². The minimum atomic E-state index is -1.03. The third-order valence-corrected chi connectivity index (χ3v) is 1.57. The Kier molecular flexibility index (Phi) is 1.94. The molecule has 0 aliphatic rings. The topological polar surface area (TPSA) is 91.8 Å². The highest BCUT2D eigenvalue weighted by molar-refractivity contribution is 5.84. The molecule has 2 rings (SSSR count). The highest BCUT2D eigenvalue weighted by Gasteiger charge is 1.98. The number of aliphatic carboxylic acids is 1. The van der Waals surface area contributed by atoms with Gasteiger partial charge in [-0.15, -0.1) is 0 Å². The average molecular weight is 190 g/mol. The molecule has 0 radical (unpaired) electrons. The van der Waals surface area contributed by atoms with Crippen molar-refractivity contribution in [1.82, 2.24) is 19.9 Å². The Morgan fingerprint density at radius 3 is 3.14 bits per heavy atom. The second kappa shape index (κ2) is 3.25. The molecule has 0 atom stereocenters. The van der Waals surface area contributed by atoms with Gasteiger partial charge >= 0.3 is 5.97 Å². The molecule has 2 N–H and O–H groups in total. The van der Waals surface area contributed by atoms with Crippen LogP contribution in [0, 0.1) is 0 Å². The van der Waals surface area contributed by atoms with E-state index >= 15 is 0 Å². The summed E-state index contributed by atoms with van der Waals surface area (Å²) in [5.74, 6) is -0.706. The Labute approximate surface area is 78.3 Å². The lowest BCUT2D eigenvalue weighted by atomic mass is 10.4. The van der Waals surface area contributed by atoms with Crippen molar-refractivity contribution >= 4 is 23.2 Å². The molecule has 6 nitrogen and oxygen atoms in total.